The number of carboxylic acid groups (broad SMARTS) is 1. The Labute approximate surface area is 105 Å². The molecule has 0 bridgehead atoms. The Morgan fingerprint density at radius 3 is 2.67 bits per heavy atom. The molecule has 18 heavy (non-hydrogen) atoms. The van der Waals surface area contributed by atoms with E-state index in [0.29, 0.717) is 6.54 Å². The number of carboxylic acids is 1. The lowest BCUT2D eigenvalue weighted by atomic mass is 10.1. The highest BCUT2D eigenvalue weighted by Gasteiger charge is 2.04. The average molecular weight is 242 g/mol. The number of hydrogen-bond acceptors (Lipinski definition) is 3. The molecule has 0 atom stereocenters. The van der Waals surface area contributed by atoms with Gasteiger partial charge >= 0.3 is 5.97 Å². The predicted molar refractivity (Wildman–Crippen MR) is 69.7 cm³/mol. The first kappa shape index (κ1) is 12.1. The van der Waals surface area contributed by atoms with Crippen molar-refractivity contribution < 1.29 is 9.90 Å². The number of aryl methyl sites for hydroxylation is 1. The molecule has 0 aliphatic heterocycles. The van der Waals surface area contributed by atoms with Gasteiger partial charge < -0.3 is 10.4 Å². The van der Waals surface area contributed by atoms with Gasteiger partial charge in [0.1, 0.15) is 5.69 Å². The number of carbonyl (C=O) groups is 1. The van der Waals surface area contributed by atoms with E-state index in [0.717, 1.165) is 11.3 Å². The quantitative estimate of drug-likeness (QED) is 0.865. The Morgan fingerprint density at radius 2 is 2.00 bits per heavy atom. The SMILES string of the molecule is Cc1ccc(CNc2ccnc(C(=O)O)c2)cc1. The van der Waals surface area contributed by atoms with Crippen molar-refractivity contribution in [3.05, 3.63) is 59.4 Å². The first-order valence-electron chi connectivity index (χ1n) is 5.64. The van der Waals surface area contributed by atoms with E-state index in [1.807, 2.05) is 31.2 Å². The summed E-state index contributed by atoms with van der Waals surface area (Å²) in [4.78, 5) is 14.5. The summed E-state index contributed by atoms with van der Waals surface area (Å²) in [6, 6.07) is 11.5. The highest BCUT2D eigenvalue weighted by molar-refractivity contribution is 5.86. The summed E-state index contributed by atoms with van der Waals surface area (Å²) in [6.45, 7) is 2.70. The van der Waals surface area contributed by atoms with Crippen LogP contribution in [0, 0.1) is 6.92 Å². The van der Waals surface area contributed by atoms with Gasteiger partial charge in [-0.15, -0.1) is 0 Å². The largest absolute Gasteiger partial charge is 0.477 e. The normalized spacial score (nSPS) is 10.1. The fourth-order valence-electron chi connectivity index (χ4n) is 1.57. The Bertz CT molecular complexity index is 550. The molecule has 92 valence electrons. The molecule has 0 unspecified atom stereocenters. The summed E-state index contributed by atoms with van der Waals surface area (Å²) >= 11 is 0. The average Bonchev–Trinajstić information content (AvgIpc) is 2.38. The number of nitrogens with one attached hydrogen (secondary N) is 1. The van der Waals surface area contributed by atoms with E-state index in [2.05, 4.69) is 10.3 Å². The van der Waals surface area contributed by atoms with Crippen LogP contribution in [0.1, 0.15) is 21.6 Å². The molecule has 1 aromatic carbocycles. The highest BCUT2D eigenvalue weighted by atomic mass is 16.4. The lowest BCUT2D eigenvalue weighted by Crippen LogP contribution is -2.03. The predicted octanol–water partition coefficient (Wildman–Crippen LogP) is 2.70. The second-order valence-corrected chi connectivity index (χ2v) is 4.07. The molecule has 0 aliphatic rings. The van der Waals surface area contributed by atoms with Crippen LogP contribution in [0.15, 0.2) is 42.6 Å². The minimum absolute atomic E-state index is 0.0453. The standard InChI is InChI=1S/C14H14N2O2/c1-10-2-4-11(5-3-10)9-16-12-6-7-15-13(8-12)14(17)18/h2-8H,9H2,1H3,(H,15,16)(H,17,18). The maximum Gasteiger partial charge on any atom is 0.354 e. The zero-order valence-electron chi connectivity index (χ0n) is 10.1. The Morgan fingerprint density at radius 1 is 1.28 bits per heavy atom. The maximum atomic E-state index is 10.8. The molecule has 4 heteroatoms. The number of aromatic nitrogens is 1. The van der Waals surface area contributed by atoms with Gasteiger partial charge in [0.25, 0.3) is 0 Å². The van der Waals surface area contributed by atoms with Crippen LogP contribution in [-0.2, 0) is 6.54 Å². The fraction of sp³-hybridized carbons (Fsp3) is 0.143. The van der Waals surface area contributed by atoms with E-state index in [1.54, 1.807) is 6.07 Å². The van der Waals surface area contributed by atoms with Gasteiger partial charge in [0.05, 0.1) is 0 Å². The number of rotatable bonds is 4. The molecule has 4 nitrogen and oxygen atoms in total. The van der Waals surface area contributed by atoms with Crippen molar-refractivity contribution in [3.63, 3.8) is 0 Å². The third-order valence-corrected chi connectivity index (χ3v) is 2.60. The molecule has 0 saturated heterocycles. The smallest absolute Gasteiger partial charge is 0.354 e. The minimum Gasteiger partial charge on any atom is -0.477 e. The van der Waals surface area contributed by atoms with E-state index < -0.39 is 5.97 Å². The summed E-state index contributed by atoms with van der Waals surface area (Å²) in [5, 5.41) is 12.0. The van der Waals surface area contributed by atoms with Crippen molar-refractivity contribution in [2.24, 2.45) is 0 Å². The van der Waals surface area contributed by atoms with E-state index in [1.165, 1.54) is 17.8 Å². The Balaban J connectivity index is 2.04. The lowest BCUT2D eigenvalue weighted by molar-refractivity contribution is 0.0690. The van der Waals surface area contributed by atoms with Crippen molar-refractivity contribution in [2.75, 3.05) is 5.32 Å². The van der Waals surface area contributed by atoms with Crippen molar-refractivity contribution in [3.8, 4) is 0 Å². The van der Waals surface area contributed by atoms with Gasteiger partial charge in [-0.25, -0.2) is 9.78 Å². The number of benzene rings is 1. The summed E-state index contributed by atoms with van der Waals surface area (Å²) in [5.74, 6) is -1.02. The third kappa shape index (κ3) is 3.07. The zero-order chi connectivity index (χ0) is 13.0. The Kier molecular flexibility index (Phi) is 3.57. The van der Waals surface area contributed by atoms with E-state index in [4.69, 9.17) is 5.11 Å². The molecule has 1 heterocycles. The van der Waals surface area contributed by atoms with Crippen LogP contribution in [0.25, 0.3) is 0 Å². The topological polar surface area (TPSA) is 62.2 Å². The number of anilines is 1. The summed E-state index contributed by atoms with van der Waals surface area (Å²) < 4.78 is 0. The molecule has 2 aromatic rings. The molecule has 1 aromatic heterocycles. The van der Waals surface area contributed by atoms with Crippen LogP contribution in [0.4, 0.5) is 5.69 Å². The molecule has 0 spiro atoms. The van der Waals surface area contributed by atoms with Gasteiger partial charge in [-0.05, 0) is 24.6 Å². The maximum absolute atomic E-state index is 10.8. The molecule has 0 fully saturated rings. The number of pyridine rings is 1. The van der Waals surface area contributed by atoms with Gasteiger partial charge in [0, 0.05) is 18.4 Å². The fourth-order valence-corrected chi connectivity index (χ4v) is 1.57. The van der Waals surface area contributed by atoms with Crippen LogP contribution in [-0.4, -0.2) is 16.1 Å². The highest BCUT2D eigenvalue weighted by Crippen LogP contribution is 2.10. The molecule has 0 radical (unpaired) electrons. The van der Waals surface area contributed by atoms with Crippen LogP contribution < -0.4 is 5.32 Å². The van der Waals surface area contributed by atoms with Crippen molar-refractivity contribution in [1.82, 2.24) is 4.98 Å². The van der Waals surface area contributed by atoms with Crippen LogP contribution in [0.2, 0.25) is 0 Å². The van der Waals surface area contributed by atoms with Crippen LogP contribution >= 0.6 is 0 Å². The van der Waals surface area contributed by atoms with Gasteiger partial charge in [-0.3, -0.25) is 0 Å². The van der Waals surface area contributed by atoms with E-state index >= 15 is 0 Å². The van der Waals surface area contributed by atoms with Gasteiger partial charge in [0.2, 0.25) is 0 Å². The molecule has 0 amide bonds. The number of aromatic carboxylic acids is 1. The number of hydrogen-bond donors (Lipinski definition) is 2. The monoisotopic (exact) mass is 242 g/mol. The summed E-state index contributed by atoms with van der Waals surface area (Å²) in [6.07, 6.45) is 1.49. The van der Waals surface area contributed by atoms with Crippen LogP contribution in [0.5, 0.6) is 0 Å². The molecular weight excluding hydrogens is 228 g/mol. The Hall–Kier alpha value is -2.36. The minimum atomic E-state index is -1.02. The molecule has 0 aliphatic carbocycles. The first-order chi connectivity index (χ1) is 8.65. The zero-order valence-corrected chi connectivity index (χ0v) is 10.1. The van der Waals surface area contributed by atoms with E-state index in [9.17, 15) is 4.79 Å². The van der Waals surface area contributed by atoms with E-state index in [-0.39, 0.29) is 5.69 Å². The summed E-state index contributed by atoms with van der Waals surface area (Å²) in [7, 11) is 0. The number of nitrogens with zero attached hydrogens (tertiary/aromatic N) is 1. The molecular formula is C14H14N2O2. The van der Waals surface area contributed by atoms with Gasteiger partial charge in [-0.2, -0.15) is 0 Å². The summed E-state index contributed by atoms with van der Waals surface area (Å²) in [5.41, 5.74) is 3.16. The molecule has 2 rings (SSSR count). The second-order valence-electron chi connectivity index (χ2n) is 4.07. The third-order valence-electron chi connectivity index (χ3n) is 2.60. The molecule has 2 N–H and O–H groups in total. The van der Waals surface area contributed by atoms with Crippen molar-refractivity contribution >= 4 is 11.7 Å². The second kappa shape index (κ2) is 5.31. The van der Waals surface area contributed by atoms with Gasteiger partial charge in [0.15, 0.2) is 0 Å². The molecule has 0 saturated carbocycles. The lowest BCUT2D eigenvalue weighted by Gasteiger charge is -2.07. The van der Waals surface area contributed by atoms with Crippen LogP contribution in [0.3, 0.4) is 0 Å². The van der Waals surface area contributed by atoms with Crippen molar-refractivity contribution in [1.29, 1.82) is 0 Å². The van der Waals surface area contributed by atoms with Crippen molar-refractivity contribution in [2.45, 2.75) is 13.5 Å². The first-order valence-corrected chi connectivity index (χ1v) is 5.64. The van der Waals surface area contributed by atoms with Gasteiger partial charge in [-0.1, -0.05) is 29.8 Å².